The third-order valence-corrected chi connectivity index (χ3v) is 4.61. The fourth-order valence-electron chi connectivity index (χ4n) is 3.66. The number of methoxy groups -OCH3 is 1. The van der Waals surface area contributed by atoms with Gasteiger partial charge < -0.3 is 9.30 Å². The number of carbonyl (C=O) groups excluding carboxylic acids is 1. The molecule has 21 heavy (non-hydrogen) atoms. The fraction of sp³-hybridized carbons (Fsp3) is 0.500. The minimum Gasteiger partial charge on any atom is -0.469 e. The van der Waals surface area contributed by atoms with Crippen molar-refractivity contribution in [1.29, 1.82) is 0 Å². The Morgan fingerprint density at radius 3 is 2.81 bits per heavy atom. The highest BCUT2D eigenvalue weighted by Gasteiger charge is 2.30. The van der Waals surface area contributed by atoms with Crippen LogP contribution in [-0.2, 0) is 22.4 Å². The molecule has 0 bridgehead atoms. The molecule has 0 saturated heterocycles. The first kappa shape index (κ1) is 14.2. The van der Waals surface area contributed by atoms with Crippen molar-refractivity contribution in [2.45, 2.75) is 46.1 Å². The van der Waals surface area contributed by atoms with Gasteiger partial charge in [-0.25, -0.2) is 0 Å². The van der Waals surface area contributed by atoms with Crippen LogP contribution in [0.25, 0.3) is 10.9 Å². The molecule has 3 rings (SSSR count). The number of rotatable bonds is 2. The maximum atomic E-state index is 11.9. The monoisotopic (exact) mass is 285 g/mol. The van der Waals surface area contributed by atoms with Gasteiger partial charge in [-0.3, -0.25) is 4.79 Å². The number of carbonyl (C=O) groups is 1. The number of nitrogens with zero attached hydrogens (tertiary/aromatic N) is 1. The molecule has 1 heterocycles. The van der Waals surface area contributed by atoms with Crippen LogP contribution in [0.3, 0.4) is 0 Å². The normalized spacial score (nSPS) is 18.0. The number of ether oxygens (including phenoxy) is 1. The van der Waals surface area contributed by atoms with E-state index in [1.54, 1.807) is 0 Å². The Morgan fingerprint density at radius 1 is 1.38 bits per heavy atom. The fourth-order valence-corrected chi connectivity index (χ4v) is 3.66. The highest BCUT2D eigenvalue weighted by atomic mass is 16.5. The summed E-state index contributed by atoms with van der Waals surface area (Å²) in [4.78, 5) is 11.9. The predicted octanol–water partition coefficient (Wildman–Crippen LogP) is 3.81. The first-order valence-electron chi connectivity index (χ1n) is 7.73. The van der Waals surface area contributed by atoms with Gasteiger partial charge >= 0.3 is 5.97 Å². The molecular formula is C18H23NO2. The maximum Gasteiger partial charge on any atom is 0.309 e. The van der Waals surface area contributed by atoms with E-state index in [4.69, 9.17) is 4.74 Å². The number of benzene rings is 1. The third kappa shape index (κ3) is 2.25. The number of aryl methyl sites for hydroxylation is 1. The van der Waals surface area contributed by atoms with Crippen LogP contribution in [-0.4, -0.2) is 17.6 Å². The van der Waals surface area contributed by atoms with Gasteiger partial charge in [0, 0.05) is 22.6 Å². The smallest absolute Gasteiger partial charge is 0.309 e. The zero-order valence-electron chi connectivity index (χ0n) is 13.3. The standard InChI is InChI=1S/C18H23NO2/c1-11(2)19-16-7-5-12(3)9-14(16)15-10-13(18(20)21-4)6-8-17(15)19/h5,7,9,11,13H,6,8,10H2,1-4H3. The van der Waals surface area contributed by atoms with Crippen molar-refractivity contribution in [2.24, 2.45) is 5.92 Å². The zero-order valence-corrected chi connectivity index (χ0v) is 13.3. The van der Waals surface area contributed by atoms with E-state index < -0.39 is 0 Å². The molecule has 0 spiro atoms. The third-order valence-electron chi connectivity index (χ3n) is 4.61. The minimum atomic E-state index is -0.0706. The van der Waals surface area contributed by atoms with E-state index in [0.29, 0.717) is 6.04 Å². The van der Waals surface area contributed by atoms with Crippen LogP contribution in [0.4, 0.5) is 0 Å². The van der Waals surface area contributed by atoms with Crippen LogP contribution in [0.15, 0.2) is 18.2 Å². The van der Waals surface area contributed by atoms with Gasteiger partial charge in [0.25, 0.3) is 0 Å². The van der Waals surface area contributed by atoms with Crippen molar-refractivity contribution in [1.82, 2.24) is 4.57 Å². The lowest BCUT2D eigenvalue weighted by atomic mass is 9.86. The highest BCUT2D eigenvalue weighted by molar-refractivity contribution is 5.87. The summed E-state index contributed by atoms with van der Waals surface area (Å²) in [6, 6.07) is 7.08. The van der Waals surface area contributed by atoms with Gasteiger partial charge in [-0.05, 0) is 57.7 Å². The van der Waals surface area contributed by atoms with Gasteiger partial charge in [0.1, 0.15) is 0 Å². The summed E-state index contributed by atoms with van der Waals surface area (Å²) in [7, 11) is 1.49. The van der Waals surface area contributed by atoms with Crippen molar-refractivity contribution in [2.75, 3.05) is 7.11 Å². The first-order valence-corrected chi connectivity index (χ1v) is 7.73. The minimum absolute atomic E-state index is 0.00854. The molecule has 1 atom stereocenters. The Kier molecular flexibility index (Phi) is 3.52. The van der Waals surface area contributed by atoms with E-state index in [1.165, 1.54) is 34.8 Å². The molecule has 1 aromatic carbocycles. The van der Waals surface area contributed by atoms with E-state index in [0.717, 1.165) is 19.3 Å². The van der Waals surface area contributed by atoms with Crippen LogP contribution in [0.5, 0.6) is 0 Å². The second kappa shape index (κ2) is 5.21. The summed E-state index contributed by atoms with van der Waals surface area (Å²) in [6.07, 6.45) is 2.66. The molecule has 0 N–H and O–H groups in total. The number of esters is 1. The van der Waals surface area contributed by atoms with Gasteiger partial charge in [-0.1, -0.05) is 11.6 Å². The average molecular weight is 285 g/mol. The zero-order chi connectivity index (χ0) is 15.1. The summed E-state index contributed by atoms with van der Waals surface area (Å²) >= 11 is 0. The Hall–Kier alpha value is -1.77. The molecule has 0 radical (unpaired) electrons. The summed E-state index contributed by atoms with van der Waals surface area (Å²) in [5.41, 5.74) is 5.33. The molecule has 2 aromatic rings. The van der Waals surface area contributed by atoms with Crippen LogP contribution >= 0.6 is 0 Å². The van der Waals surface area contributed by atoms with E-state index in [1.807, 2.05) is 0 Å². The predicted molar refractivity (Wildman–Crippen MR) is 84.6 cm³/mol. The summed E-state index contributed by atoms with van der Waals surface area (Å²) in [5.74, 6) is -0.0621. The Labute approximate surface area is 125 Å². The lowest BCUT2D eigenvalue weighted by molar-refractivity contribution is -0.145. The second-order valence-electron chi connectivity index (χ2n) is 6.37. The van der Waals surface area contributed by atoms with Crippen LogP contribution in [0, 0.1) is 12.8 Å². The van der Waals surface area contributed by atoms with E-state index in [2.05, 4.69) is 43.5 Å². The van der Waals surface area contributed by atoms with Gasteiger partial charge in [0.15, 0.2) is 0 Å². The molecule has 1 unspecified atom stereocenters. The van der Waals surface area contributed by atoms with E-state index in [9.17, 15) is 4.79 Å². The number of hydrogen-bond donors (Lipinski definition) is 0. The van der Waals surface area contributed by atoms with Gasteiger partial charge in [-0.15, -0.1) is 0 Å². The summed E-state index contributed by atoms with van der Waals surface area (Å²) in [6.45, 7) is 6.58. The molecule has 3 heteroatoms. The molecule has 0 fully saturated rings. The Morgan fingerprint density at radius 2 is 2.14 bits per heavy atom. The number of hydrogen-bond acceptors (Lipinski definition) is 2. The van der Waals surface area contributed by atoms with Crippen LogP contribution in [0.2, 0.25) is 0 Å². The molecule has 1 aromatic heterocycles. The van der Waals surface area contributed by atoms with Crippen molar-refractivity contribution in [3.05, 3.63) is 35.0 Å². The lowest BCUT2D eigenvalue weighted by Gasteiger charge is -2.23. The molecule has 1 aliphatic rings. The van der Waals surface area contributed by atoms with Crippen LogP contribution in [0.1, 0.15) is 43.1 Å². The lowest BCUT2D eigenvalue weighted by Crippen LogP contribution is -2.24. The van der Waals surface area contributed by atoms with Gasteiger partial charge in [0.05, 0.1) is 13.0 Å². The molecule has 0 amide bonds. The Bertz CT molecular complexity index is 697. The van der Waals surface area contributed by atoms with E-state index in [-0.39, 0.29) is 11.9 Å². The van der Waals surface area contributed by atoms with Crippen molar-refractivity contribution in [3.63, 3.8) is 0 Å². The largest absolute Gasteiger partial charge is 0.469 e. The topological polar surface area (TPSA) is 31.2 Å². The molecule has 112 valence electrons. The second-order valence-corrected chi connectivity index (χ2v) is 6.37. The summed E-state index contributed by atoms with van der Waals surface area (Å²) in [5, 5.41) is 1.31. The van der Waals surface area contributed by atoms with Gasteiger partial charge in [0.2, 0.25) is 0 Å². The van der Waals surface area contributed by atoms with Gasteiger partial charge in [-0.2, -0.15) is 0 Å². The highest BCUT2D eigenvalue weighted by Crippen LogP contribution is 2.37. The molecule has 3 nitrogen and oxygen atoms in total. The van der Waals surface area contributed by atoms with E-state index >= 15 is 0 Å². The quantitative estimate of drug-likeness (QED) is 0.786. The molecule has 0 saturated carbocycles. The molecule has 1 aliphatic carbocycles. The summed E-state index contributed by atoms with van der Waals surface area (Å²) < 4.78 is 7.39. The maximum absolute atomic E-state index is 11.9. The SMILES string of the molecule is COC(=O)C1CCc2c(c3cc(C)ccc3n2C(C)C)C1. The average Bonchev–Trinajstić information content (AvgIpc) is 2.79. The number of aromatic nitrogens is 1. The number of fused-ring (bicyclic) bond motifs is 3. The molecule has 0 aliphatic heterocycles. The van der Waals surface area contributed by atoms with Crippen LogP contribution < -0.4 is 0 Å². The molecular weight excluding hydrogens is 262 g/mol. The first-order chi connectivity index (χ1) is 10.0. The Balaban J connectivity index is 2.18. The van der Waals surface area contributed by atoms with Crippen molar-refractivity contribution in [3.8, 4) is 0 Å². The van der Waals surface area contributed by atoms with Crippen molar-refractivity contribution >= 4 is 16.9 Å². The van der Waals surface area contributed by atoms with Crippen molar-refractivity contribution < 1.29 is 9.53 Å².